The number of amides is 2. The Labute approximate surface area is 189 Å². The molecule has 2 aliphatic rings. The Kier molecular flexibility index (Phi) is 7.55. The summed E-state index contributed by atoms with van der Waals surface area (Å²) in [5.41, 5.74) is 0.863. The molecular weight excluding hydrogens is 434 g/mol. The van der Waals surface area contributed by atoms with E-state index in [1.807, 2.05) is 0 Å². The largest absolute Gasteiger partial charge is 0.466 e. The third kappa shape index (κ3) is 5.86. The zero-order chi connectivity index (χ0) is 23.5. The van der Waals surface area contributed by atoms with Crippen molar-refractivity contribution in [3.05, 3.63) is 29.3 Å². The van der Waals surface area contributed by atoms with Crippen molar-refractivity contribution in [2.75, 3.05) is 33.3 Å². The number of hydrogen-bond donors (Lipinski definition) is 1. The van der Waals surface area contributed by atoms with Crippen LogP contribution in [-0.4, -0.2) is 75.3 Å². The molecule has 9 nitrogen and oxygen atoms in total. The first-order chi connectivity index (χ1) is 15.1. The lowest BCUT2D eigenvalue weighted by Crippen LogP contribution is -2.47. The fourth-order valence-corrected chi connectivity index (χ4v) is 5.05. The van der Waals surface area contributed by atoms with Gasteiger partial charge in [0.25, 0.3) is 5.91 Å². The van der Waals surface area contributed by atoms with Crippen molar-refractivity contribution in [1.29, 1.82) is 0 Å². The lowest BCUT2D eigenvalue weighted by molar-refractivity contribution is -0.151. The van der Waals surface area contributed by atoms with E-state index in [1.165, 1.54) is 24.1 Å². The van der Waals surface area contributed by atoms with Crippen LogP contribution in [0.15, 0.2) is 23.1 Å². The number of carbonyl (C=O) groups excluding carboxylic acids is 3. The van der Waals surface area contributed by atoms with E-state index in [4.69, 9.17) is 4.74 Å². The predicted molar refractivity (Wildman–Crippen MR) is 117 cm³/mol. The third-order valence-electron chi connectivity index (χ3n) is 5.76. The van der Waals surface area contributed by atoms with Crippen molar-refractivity contribution in [1.82, 2.24) is 14.5 Å². The number of sulfonamides is 1. The summed E-state index contributed by atoms with van der Waals surface area (Å²) >= 11 is 0. The van der Waals surface area contributed by atoms with E-state index in [0.29, 0.717) is 31.6 Å². The molecule has 1 aliphatic heterocycles. The smallest absolute Gasteiger partial charge is 0.310 e. The molecule has 176 valence electrons. The Hall–Kier alpha value is -2.46. The van der Waals surface area contributed by atoms with Crippen LogP contribution in [0.25, 0.3) is 0 Å². The number of likely N-dealkylation sites (tertiary alicyclic amines) is 1. The van der Waals surface area contributed by atoms with Gasteiger partial charge in [-0.15, -0.1) is 0 Å². The van der Waals surface area contributed by atoms with Gasteiger partial charge in [-0.25, -0.2) is 13.1 Å². The first kappa shape index (κ1) is 24.2. The minimum atomic E-state index is -3.69. The number of ether oxygens (including phenoxy) is 1. The van der Waals surface area contributed by atoms with Gasteiger partial charge in [0.05, 0.1) is 24.0 Å². The molecule has 1 saturated heterocycles. The van der Waals surface area contributed by atoms with E-state index in [0.717, 1.165) is 12.8 Å². The summed E-state index contributed by atoms with van der Waals surface area (Å²) in [7, 11) is -2.18. The number of benzene rings is 1. The Bertz CT molecular complexity index is 989. The van der Waals surface area contributed by atoms with Gasteiger partial charge in [-0.3, -0.25) is 14.4 Å². The van der Waals surface area contributed by atoms with Gasteiger partial charge in [0, 0.05) is 31.7 Å². The number of piperidine rings is 1. The summed E-state index contributed by atoms with van der Waals surface area (Å²) < 4.78 is 32.7. The van der Waals surface area contributed by atoms with Crippen molar-refractivity contribution in [3.8, 4) is 0 Å². The molecule has 1 aliphatic carbocycles. The van der Waals surface area contributed by atoms with Gasteiger partial charge in [-0.2, -0.15) is 0 Å². The van der Waals surface area contributed by atoms with Crippen LogP contribution in [0.2, 0.25) is 0 Å². The minimum Gasteiger partial charge on any atom is -0.466 e. The SMILES string of the molecule is CCOC(=O)C1CCCN(C(=O)CN(C)C(=O)c2cc(S(=O)(=O)NC3CC3)ccc2C)C1. The van der Waals surface area contributed by atoms with Crippen molar-refractivity contribution in [2.45, 2.75) is 50.5 Å². The van der Waals surface area contributed by atoms with Crippen molar-refractivity contribution in [2.24, 2.45) is 5.92 Å². The number of nitrogens with zero attached hydrogens (tertiary/aromatic N) is 2. The lowest BCUT2D eigenvalue weighted by atomic mass is 9.98. The highest BCUT2D eigenvalue weighted by Gasteiger charge is 2.31. The highest BCUT2D eigenvalue weighted by molar-refractivity contribution is 7.89. The van der Waals surface area contributed by atoms with E-state index < -0.39 is 15.9 Å². The van der Waals surface area contributed by atoms with Gasteiger partial charge in [-0.05, 0) is 57.2 Å². The van der Waals surface area contributed by atoms with E-state index in [1.54, 1.807) is 24.8 Å². The van der Waals surface area contributed by atoms with Crippen LogP contribution in [0.3, 0.4) is 0 Å². The molecule has 10 heteroatoms. The second kappa shape index (κ2) is 9.99. The summed E-state index contributed by atoms with van der Waals surface area (Å²) in [6.07, 6.45) is 3.00. The number of hydrogen-bond acceptors (Lipinski definition) is 6. The monoisotopic (exact) mass is 465 g/mol. The molecule has 0 radical (unpaired) electrons. The normalized spacial score (nSPS) is 18.8. The molecule has 1 N–H and O–H groups in total. The third-order valence-corrected chi connectivity index (χ3v) is 7.28. The molecule has 1 atom stereocenters. The van der Waals surface area contributed by atoms with Gasteiger partial charge >= 0.3 is 5.97 Å². The van der Waals surface area contributed by atoms with Gasteiger partial charge in [0.2, 0.25) is 15.9 Å². The van der Waals surface area contributed by atoms with Crippen molar-refractivity contribution in [3.63, 3.8) is 0 Å². The zero-order valence-corrected chi connectivity index (χ0v) is 19.6. The van der Waals surface area contributed by atoms with E-state index in [-0.39, 0.29) is 47.4 Å². The fraction of sp³-hybridized carbons (Fsp3) is 0.591. The molecule has 1 aromatic carbocycles. The number of likely N-dealkylation sites (N-methyl/N-ethyl adjacent to an activating group) is 1. The fourth-order valence-electron chi connectivity index (χ4n) is 3.72. The highest BCUT2D eigenvalue weighted by Crippen LogP contribution is 2.24. The van der Waals surface area contributed by atoms with Crippen LogP contribution in [-0.2, 0) is 24.3 Å². The molecule has 0 aromatic heterocycles. The highest BCUT2D eigenvalue weighted by atomic mass is 32.2. The Balaban J connectivity index is 1.66. The number of nitrogens with one attached hydrogen (secondary N) is 1. The van der Waals surface area contributed by atoms with E-state index in [9.17, 15) is 22.8 Å². The Morgan fingerprint density at radius 2 is 1.94 bits per heavy atom. The average molecular weight is 466 g/mol. The molecule has 1 unspecified atom stereocenters. The van der Waals surface area contributed by atoms with Gasteiger partial charge in [-0.1, -0.05) is 6.07 Å². The first-order valence-electron chi connectivity index (χ1n) is 10.9. The van der Waals surface area contributed by atoms with E-state index in [2.05, 4.69) is 4.72 Å². The van der Waals surface area contributed by atoms with Gasteiger partial charge in [0.15, 0.2) is 0 Å². The number of carbonyl (C=O) groups is 3. The lowest BCUT2D eigenvalue weighted by Gasteiger charge is -2.32. The molecule has 1 heterocycles. The number of rotatable bonds is 8. The van der Waals surface area contributed by atoms with Crippen LogP contribution in [0, 0.1) is 12.8 Å². The summed E-state index contributed by atoms with van der Waals surface area (Å²) in [5.74, 6) is -1.34. The van der Waals surface area contributed by atoms with Crippen LogP contribution in [0.5, 0.6) is 0 Å². The Morgan fingerprint density at radius 3 is 2.59 bits per heavy atom. The van der Waals surface area contributed by atoms with Gasteiger partial charge in [0.1, 0.15) is 0 Å². The maximum Gasteiger partial charge on any atom is 0.310 e. The molecule has 2 fully saturated rings. The summed E-state index contributed by atoms with van der Waals surface area (Å²) in [6, 6.07) is 4.40. The second-order valence-electron chi connectivity index (χ2n) is 8.46. The first-order valence-corrected chi connectivity index (χ1v) is 12.4. The summed E-state index contributed by atoms with van der Waals surface area (Å²) in [4.78, 5) is 40.7. The maximum atomic E-state index is 13.0. The second-order valence-corrected chi connectivity index (χ2v) is 10.2. The Morgan fingerprint density at radius 1 is 1.22 bits per heavy atom. The quantitative estimate of drug-likeness (QED) is 0.579. The van der Waals surface area contributed by atoms with Crippen LogP contribution < -0.4 is 4.72 Å². The molecule has 1 aromatic rings. The topological polar surface area (TPSA) is 113 Å². The van der Waals surface area contributed by atoms with Crippen molar-refractivity contribution < 1.29 is 27.5 Å². The average Bonchev–Trinajstić information content (AvgIpc) is 3.57. The number of aryl methyl sites for hydroxylation is 1. The van der Waals surface area contributed by atoms with Crippen LogP contribution in [0.1, 0.15) is 48.5 Å². The molecule has 3 rings (SSSR count). The predicted octanol–water partition coefficient (Wildman–Crippen LogP) is 1.31. The minimum absolute atomic E-state index is 0.0337. The maximum absolute atomic E-state index is 13.0. The standard InChI is InChI=1S/C22H31N3O6S/c1-4-31-22(28)16-6-5-11-25(13-16)20(26)14-24(3)21(27)19-12-18(10-7-15(19)2)32(29,30)23-17-8-9-17/h7,10,12,16-17,23H,4-6,8-9,11,13-14H2,1-3H3. The summed E-state index contributed by atoms with van der Waals surface area (Å²) in [6.45, 7) is 4.40. The van der Waals surface area contributed by atoms with E-state index >= 15 is 0 Å². The van der Waals surface area contributed by atoms with Crippen LogP contribution in [0.4, 0.5) is 0 Å². The zero-order valence-electron chi connectivity index (χ0n) is 18.8. The van der Waals surface area contributed by atoms with Crippen LogP contribution >= 0.6 is 0 Å². The number of esters is 1. The molecule has 2 amide bonds. The molecule has 1 saturated carbocycles. The molecule has 0 spiro atoms. The molecule has 32 heavy (non-hydrogen) atoms. The van der Waals surface area contributed by atoms with Gasteiger partial charge < -0.3 is 14.5 Å². The molecule has 0 bridgehead atoms. The summed E-state index contributed by atoms with van der Waals surface area (Å²) in [5, 5.41) is 0. The van der Waals surface area contributed by atoms with Crippen molar-refractivity contribution >= 4 is 27.8 Å². The molecular formula is C22H31N3O6S.